The number of pyridine rings is 1. The molecule has 0 bridgehead atoms. The molecule has 0 radical (unpaired) electrons. The maximum atomic E-state index is 4.66. The number of hydrogen-bond donors (Lipinski definition) is 1. The van der Waals surface area contributed by atoms with E-state index in [2.05, 4.69) is 52.0 Å². The SMILES string of the molecule is CCCNC(C)c1sc(-c2ncccc2Br)nc1C. The zero-order valence-electron chi connectivity index (χ0n) is 11.4. The molecule has 2 aromatic rings. The number of nitrogens with one attached hydrogen (secondary N) is 1. The van der Waals surface area contributed by atoms with Crippen LogP contribution in [0.2, 0.25) is 0 Å². The lowest BCUT2D eigenvalue weighted by Gasteiger charge is -2.11. The van der Waals surface area contributed by atoms with Gasteiger partial charge in [-0.05, 0) is 54.9 Å². The van der Waals surface area contributed by atoms with Crippen molar-refractivity contribution < 1.29 is 0 Å². The number of aromatic nitrogens is 2. The van der Waals surface area contributed by atoms with E-state index in [-0.39, 0.29) is 0 Å². The van der Waals surface area contributed by atoms with Crippen LogP contribution in [0.1, 0.15) is 36.9 Å². The molecule has 2 rings (SSSR count). The molecular weight excluding hydrogens is 322 g/mol. The van der Waals surface area contributed by atoms with Gasteiger partial charge in [-0.2, -0.15) is 0 Å². The van der Waals surface area contributed by atoms with Gasteiger partial charge in [-0.15, -0.1) is 11.3 Å². The molecule has 0 aliphatic rings. The van der Waals surface area contributed by atoms with E-state index in [1.165, 1.54) is 4.88 Å². The third kappa shape index (κ3) is 3.41. The molecule has 2 heterocycles. The molecule has 102 valence electrons. The largest absolute Gasteiger partial charge is 0.309 e. The highest BCUT2D eigenvalue weighted by atomic mass is 79.9. The second-order valence-corrected chi connectivity index (χ2v) is 6.36. The van der Waals surface area contributed by atoms with Gasteiger partial charge in [0, 0.05) is 21.6 Å². The summed E-state index contributed by atoms with van der Waals surface area (Å²) in [6.45, 7) is 7.46. The quantitative estimate of drug-likeness (QED) is 0.880. The summed E-state index contributed by atoms with van der Waals surface area (Å²) in [7, 11) is 0. The smallest absolute Gasteiger partial charge is 0.143 e. The van der Waals surface area contributed by atoms with Gasteiger partial charge in [0.1, 0.15) is 10.7 Å². The van der Waals surface area contributed by atoms with Crippen LogP contribution in [0.5, 0.6) is 0 Å². The summed E-state index contributed by atoms with van der Waals surface area (Å²) in [5, 5.41) is 4.48. The summed E-state index contributed by atoms with van der Waals surface area (Å²) in [6.07, 6.45) is 2.94. The summed E-state index contributed by atoms with van der Waals surface area (Å²) in [6, 6.07) is 4.26. The highest BCUT2D eigenvalue weighted by Gasteiger charge is 2.16. The molecule has 0 aromatic carbocycles. The molecule has 0 aliphatic carbocycles. The molecule has 2 aromatic heterocycles. The third-order valence-corrected chi connectivity index (χ3v) is 4.87. The number of aryl methyl sites for hydroxylation is 1. The number of hydrogen-bond acceptors (Lipinski definition) is 4. The van der Waals surface area contributed by atoms with E-state index in [0.717, 1.165) is 33.8 Å². The summed E-state index contributed by atoms with van der Waals surface area (Å²) in [5.74, 6) is 0. The Hall–Kier alpha value is -0.780. The van der Waals surface area contributed by atoms with Crippen LogP contribution in [0, 0.1) is 6.92 Å². The first-order valence-corrected chi connectivity index (χ1v) is 8.06. The number of rotatable bonds is 5. The van der Waals surface area contributed by atoms with Crippen molar-refractivity contribution in [1.82, 2.24) is 15.3 Å². The highest BCUT2D eigenvalue weighted by Crippen LogP contribution is 2.33. The van der Waals surface area contributed by atoms with Crippen LogP contribution in [0.3, 0.4) is 0 Å². The minimum atomic E-state index is 0.341. The average Bonchev–Trinajstić information content (AvgIpc) is 2.78. The Kier molecular flexibility index (Phi) is 5.07. The van der Waals surface area contributed by atoms with E-state index < -0.39 is 0 Å². The Morgan fingerprint density at radius 2 is 2.26 bits per heavy atom. The molecule has 1 unspecified atom stereocenters. The summed E-state index contributed by atoms with van der Waals surface area (Å²) < 4.78 is 0.990. The lowest BCUT2D eigenvalue weighted by molar-refractivity contribution is 0.575. The number of nitrogens with zero attached hydrogens (tertiary/aromatic N) is 2. The molecule has 0 amide bonds. The molecule has 0 saturated carbocycles. The fourth-order valence-corrected chi connectivity index (χ4v) is 3.59. The Morgan fingerprint density at radius 1 is 1.47 bits per heavy atom. The summed E-state index contributed by atoms with van der Waals surface area (Å²) >= 11 is 5.25. The minimum absolute atomic E-state index is 0.341. The average molecular weight is 340 g/mol. The summed E-state index contributed by atoms with van der Waals surface area (Å²) in [4.78, 5) is 10.4. The van der Waals surface area contributed by atoms with Crippen LogP contribution in [0.4, 0.5) is 0 Å². The van der Waals surface area contributed by atoms with E-state index in [1.807, 2.05) is 12.1 Å². The second kappa shape index (κ2) is 6.59. The maximum absolute atomic E-state index is 4.66. The first-order valence-electron chi connectivity index (χ1n) is 6.45. The van der Waals surface area contributed by atoms with E-state index in [4.69, 9.17) is 0 Å². The molecule has 0 fully saturated rings. The first-order chi connectivity index (χ1) is 9.13. The van der Waals surface area contributed by atoms with Crippen molar-refractivity contribution in [3.63, 3.8) is 0 Å². The molecule has 0 aliphatic heterocycles. The fourth-order valence-electron chi connectivity index (χ4n) is 1.91. The van der Waals surface area contributed by atoms with Crippen LogP contribution in [0.25, 0.3) is 10.7 Å². The van der Waals surface area contributed by atoms with E-state index in [0.29, 0.717) is 6.04 Å². The van der Waals surface area contributed by atoms with Crippen LogP contribution in [0.15, 0.2) is 22.8 Å². The van der Waals surface area contributed by atoms with Gasteiger partial charge in [-0.3, -0.25) is 4.98 Å². The summed E-state index contributed by atoms with van der Waals surface area (Å²) in [5.41, 5.74) is 2.01. The lowest BCUT2D eigenvalue weighted by atomic mass is 10.2. The Labute approximate surface area is 126 Å². The lowest BCUT2D eigenvalue weighted by Crippen LogP contribution is -2.18. The van der Waals surface area contributed by atoms with Gasteiger partial charge in [0.2, 0.25) is 0 Å². The van der Waals surface area contributed by atoms with Gasteiger partial charge >= 0.3 is 0 Å². The monoisotopic (exact) mass is 339 g/mol. The van der Waals surface area contributed by atoms with Crippen molar-refractivity contribution in [2.45, 2.75) is 33.2 Å². The van der Waals surface area contributed by atoms with E-state index in [9.17, 15) is 0 Å². The Bertz CT molecular complexity index is 553. The van der Waals surface area contributed by atoms with E-state index in [1.54, 1.807) is 17.5 Å². The number of thiazole rings is 1. The van der Waals surface area contributed by atoms with Crippen LogP contribution in [-0.2, 0) is 0 Å². The van der Waals surface area contributed by atoms with E-state index >= 15 is 0 Å². The van der Waals surface area contributed by atoms with Crippen LogP contribution in [-0.4, -0.2) is 16.5 Å². The molecule has 1 N–H and O–H groups in total. The van der Waals surface area contributed by atoms with Crippen molar-refractivity contribution in [2.24, 2.45) is 0 Å². The topological polar surface area (TPSA) is 37.8 Å². The predicted octanol–water partition coefficient (Wildman–Crippen LogP) is 4.34. The first kappa shape index (κ1) is 14.6. The molecule has 0 spiro atoms. The molecule has 0 saturated heterocycles. The molecule has 3 nitrogen and oxygen atoms in total. The van der Waals surface area contributed by atoms with Crippen molar-refractivity contribution in [3.05, 3.63) is 33.4 Å². The van der Waals surface area contributed by atoms with Gasteiger partial charge in [0.15, 0.2) is 0 Å². The van der Waals surface area contributed by atoms with Crippen molar-refractivity contribution in [3.8, 4) is 10.7 Å². The van der Waals surface area contributed by atoms with Crippen molar-refractivity contribution >= 4 is 27.3 Å². The fraction of sp³-hybridized carbons (Fsp3) is 0.429. The standard InChI is InChI=1S/C14H18BrN3S/c1-4-7-16-9(2)13-10(3)18-14(19-13)12-11(15)6-5-8-17-12/h5-6,8-9,16H,4,7H2,1-3H3. The maximum Gasteiger partial charge on any atom is 0.143 e. The predicted molar refractivity (Wildman–Crippen MR) is 84.5 cm³/mol. The van der Waals surface area contributed by atoms with Gasteiger partial charge in [0.25, 0.3) is 0 Å². The molecule has 19 heavy (non-hydrogen) atoms. The van der Waals surface area contributed by atoms with Crippen LogP contribution >= 0.6 is 27.3 Å². The zero-order valence-corrected chi connectivity index (χ0v) is 13.8. The van der Waals surface area contributed by atoms with Crippen molar-refractivity contribution in [1.29, 1.82) is 0 Å². The Morgan fingerprint density at radius 3 is 2.95 bits per heavy atom. The minimum Gasteiger partial charge on any atom is -0.309 e. The second-order valence-electron chi connectivity index (χ2n) is 4.48. The normalized spacial score (nSPS) is 12.6. The van der Waals surface area contributed by atoms with Gasteiger partial charge in [-0.1, -0.05) is 6.92 Å². The molecule has 1 atom stereocenters. The van der Waals surface area contributed by atoms with Gasteiger partial charge < -0.3 is 5.32 Å². The molecule has 5 heteroatoms. The van der Waals surface area contributed by atoms with Crippen molar-refractivity contribution in [2.75, 3.05) is 6.54 Å². The third-order valence-electron chi connectivity index (χ3n) is 2.89. The zero-order chi connectivity index (χ0) is 13.8. The highest BCUT2D eigenvalue weighted by molar-refractivity contribution is 9.10. The number of halogens is 1. The molecular formula is C14H18BrN3S. The Balaban J connectivity index is 2.28. The van der Waals surface area contributed by atoms with Gasteiger partial charge in [-0.25, -0.2) is 4.98 Å². The van der Waals surface area contributed by atoms with Gasteiger partial charge in [0.05, 0.1) is 5.69 Å². The van der Waals surface area contributed by atoms with Crippen LogP contribution < -0.4 is 5.32 Å².